The zero-order valence-corrected chi connectivity index (χ0v) is 19.7. The van der Waals surface area contributed by atoms with Crippen LogP contribution in [0.1, 0.15) is 52.6 Å². The summed E-state index contributed by atoms with van der Waals surface area (Å²) in [7, 11) is 0. The summed E-state index contributed by atoms with van der Waals surface area (Å²) in [6.45, 7) is 8.10. The lowest BCUT2D eigenvalue weighted by Crippen LogP contribution is -2.30. The molecular formula is C24H22ClN3O3S. The molecule has 1 unspecified atom stereocenters. The summed E-state index contributed by atoms with van der Waals surface area (Å²) < 4.78 is 15.9. The van der Waals surface area contributed by atoms with Gasteiger partial charge in [-0.25, -0.2) is 9.62 Å². The Morgan fingerprint density at radius 1 is 1.00 bits per heavy atom. The van der Waals surface area contributed by atoms with E-state index in [9.17, 15) is 14.1 Å². The van der Waals surface area contributed by atoms with Gasteiger partial charge in [0.2, 0.25) is 0 Å². The van der Waals surface area contributed by atoms with Crippen molar-refractivity contribution in [2.24, 2.45) is 0 Å². The van der Waals surface area contributed by atoms with Crippen LogP contribution in [-0.2, 0) is 16.8 Å². The van der Waals surface area contributed by atoms with Crippen molar-refractivity contribution in [2.75, 3.05) is 9.62 Å². The van der Waals surface area contributed by atoms with Gasteiger partial charge in [0.05, 0.1) is 33.7 Å². The number of amides is 2. The molecule has 8 heteroatoms. The zero-order valence-electron chi connectivity index (χ0n) is 18.1. The molecule has 4 rings (SSSR count). The monoisotopic (exact) mass is 467 g/mol. The van der Waals surface area contributed by atoms with Crippen molar-refractivity contribution in [2.45, 2.75) is 38.0 Å². The Kier molecular flexibility index (Phi) is 5.75. The van der Waals surface area contributed by atoms with Gasteiger partial charge in [0.25, 0.3) is 11.8 Å². The number of fused-ring (bicyclic) bond motifs is 1. The first-order valence-electron chi connectivity index (χ1n) is 10.0. The quantitative estimate of drug-likeness (QED) is 0.417. The molecule has 0 fully saturated rings. The number of nitrogens with zero attached hydrogens (tertiary/aromatic N) is 2. The molecular weight excluding hydrogens is 446 g/mol. The Hall–Kier alpha value is -2.87. The number of benzene rings is 2. The van der Waals surface area contributed by atoms with Gasteiger partial charge in [-0.1, -0.05) is 44.5 Å². The highest BCUT2D eigenvalue weighted by Crippen LogP contribution is 2.38. The summed E-state index contributed by atoms with van der Waals surface area (Å²) >= 11 is 4.65. The highest BCUT2D eigenvalue weighted by atomic mass is 35.5. The van der Waals surface area contributed by atoms with E-state index in [2.05, 4.69) is 30.5 Å². The Morgan fingerprint density at radius 3 is 2.28 bits per heavy atom. The number of hydrogen-bond donors (Lipinski definition) is 1. The molecule has 164 valence electrons. The molecule has 2 amide bonds. The molecule has 0 radical (unpaired) electrons. The zero-order chi connectivity index (χ0) is 23.2. The fourth-order valence-corrected chi connectivity index (χ4v) is 4.66. The fourth-order valence-electron chi connectivity index (χ4n) is 3.56. The van der Waals surface area contributed by atoms with Crippen LogP contribution in [0.2, 0.25) is 5.02 Å². The number of nitrogens with one attached hydrogen (secondary N) is 1. The van der Waals surface area contributed by atoms with Crippen LogP contribution < -0.4 is 9.62 Å². The first kappa shape index (κ1) is 22.3. The molecule has 0 saturated heterocycles. The summed E-state index contributed by atoms with van der Waals surface area (Å²) in [6.07, 6.45) is 3.05. The number of carbonyl (C=O) groups excluding carboxylic acids is 2. The number of anilines is 2. The fraction of sp³-hybridized carbons (Fsp3) is 0.208. The minimum atomic E-state index is -1.64. The minimum Gasteiger partial charge on any atom is -0.588 e. The molecule has 0 bridgehead atoms. The summed E-state index contributed by atoms with van der Waals surface area (Å²) in [5.41, 5.74) is 2.68. The van der Waals surface area contributed by atoms with Crippen molar-refractivity contribution in [3.8, 4) is 0 Å². The number of rotatable bonds is 4. The third-order valence-electron chi connectivity index (χ3n) is 5.38. The lowest BCUT2D eigenvalue weighted by Gasteiger charge is -2.19. The van der Waals surface area contributed by atoms with Crippen LogP contribution in [0.3, 0.4) is 0 Å². The highest BCUT2D eigenvalue weighted by Gasteiger charge is 2.41. The standard InChI is InChI=1S/C24H22ClN3O3S/c1-14-11-12-26-13-19(14)28-22(29)20-17(25)9-10-18(21(20)23(28)30)27-32(31)16-7-5-15(6-8-16)24(2,3)4/h5-13,27H,1-4H3. The van der Waals surface area contributed by atoms with Gasteiger partial charge in [-0.2, -0.15) is 0 Å². The van der Waals surface area contributed by atoms with Crippen LogP contribution in [-0.4, -0.2) is 21.4 Å². The predicted octanol–water partition coefficient (Wildman–Crippen LogP) is 5.28. The molecule has 1 N–H and O–H groups in total. The number of imide groups is 1. The third-order valence-corrected chi connectivity index (χ3v) is 6.80. The molecule has 32 heavy (non-hydrogen) atoms. The van der Waals surface area contributed by atoms with Crippen LogP contribution in [0.5, 0.6) is 0 Å². The molecule has 1 aliphatic heterocycles. The topological polar surface area (TPSA) is 85.4 Å². The number of aryl methyl sites for hydroxylation is 1. The van der Waals surface area contributed by atoms with Crippen LogP contribution in [0.25, 0.3) is 0 Å². The van der Waals surface area contributed by atoms with Crippen molar-refractivity contribution in [1.29, 1.82) is 0 Å². The Bertz CT molecular complexity index is 1220. The molecule has 2 heterocycles. The lowest BCUT2D eigenvalue weighted by molar-refractivity contribution is 0.0926. The second-order valence-electron chi connectivity index (χ2n) is 8.60. The van der Waals surface area contributed by atoms with E-state index in [1.165, 1.54) is 12.3 Å². The van der Waals surface area contributed by atoms with Gasteiger partial charge in [0.15, 0.2) is 4.90 Å². The number of carbonyl (C=O) groups is 2. The molecule has 0 saturated carbocycles. The third kappa shape index (κ3) is 3.88. The number of pyridine rings is 1. The maximum absolute atomic E-state index is 13.3. The van der Waals surface area contributed by atoms with Gasteiger partial charge in [-0.15, -0.1) is 0 Å². The van der Waals surface area contributed by atoms with E-state index in [4.69, 9.17) is 11.6 Å². The van der Waals surface area contributed by atoms with Gasteiger partial charge in [-0.05, 0) is 53.8 Å². The largest absolute Gasteiger partial charge is 0.588 e. The summed E-state index contributed by atoms with van der Waals surface area (Å²) in [4.78, 5) is 32.0. The van der Waals surface area contributed by atoms with E-state index < -0.39 is 23.2 Å². The minimum absolute atomic E-state index is 0.0227. The van der Waals surface area contributed by atoms with E-state index in [1.807, 2.05) is 12.1 Å². The SMILES string of the molecule is Cc1ccncc1N1C(=O)c2c(Cl)ccc(N[S+]([O-])c3ccc(C(C)(C)C)cc3)c2C1=O. The molecule has 6 nitrogen and oxygen atoms in total. The van der Waals surface area contributed by atoms with Gasteiger partial charge in [0, 0.05) is 6.20 Å². The maximum atomic E-state index is 13.3. The number of aromatic nitrogens is 1. The number of hydrogen-bond acceptors (Lipinski definition) is 5. The normalized spacial score (nSPS) is 14.5. The predicted molar refractivity (Wildman–Crippen MR) is 127 cm³/mol. The second kappa shape index (κ2) is 8.24. The van der Waals surface area contributed by atoms with Crippen molar-refractivity contribution >= 4 is 46.2 Å². The number of halogens is 1. The van der Waals surface area contributed by atoms with Crippen molar-refractivity contribution in [3.63, 3.8) is 0 Å². The first-order chi connectivity index (χ1) is 15.1. The molecule has 1 aliphatic rings. The molecule has 3 aromatic rings. The average Bonchev–Trinajstić information content (AvgIpc) is 3.01. The lowest BCUT2D eigenvalue weighted by atomic mass is 9.87. The van der Waals surface area contributed by atoms with Crippen molar-refractivity contribution in [3.05, 3.63) is 82.1 Å². The Balaban J connectivity index is 1.69. The second-order valence-corrected chi connectivity index (χ2v) is 10.2. The molecule has 2 aromatic carbocycles. The van der Waals surface area contributed by atoms with Crippen LogP contribution >= 0.6 is 11.6 Å². The summed E-state index contributed by atoms with van der Waals surface area (Å²) in [5.74, 6) is -1.07. The van der Waals surface area contributed by atoms with Crippen LogP contribution in [0, 0.1) is 6.92 Å². The smallest absolute Gasteiger partial charge is 0.268 e. The summed E-state index contributed by atoms with van der Waals surface area (Å²) in [6, 6.07) is 12.2. The Labute approximate surface area is 194 Å². The van der Waals surface area contributed by atoms with Crippen molar-refractivity contribution in [1.82, 2.24) is 4.98 Å². The van der Waals surface area contributed by atoms with E-state index in [-0.39, 0.29) is 27.3 Å². The van der Waals surface area contributed by atoms with E-state index in [1.54, 1.807) is 37.4 Å². The molecule has 1 atom stereocenters. The maximum Gasteiger partial charge on any atom is 0.268 e. The van der Waals surface area contributed by atoms with Crippen LogP contribution in [0.4, 0.5) is 11.4 Å². The molecule has 1 aromatic heterocycles. The van der Waals surface area contributed by atoms with Gasteiger partial charge >= 0.3 is 0 Å². The first-order valence-corrected chi connectivity index (χ1v) is 11.5. The Morgan fingerprint density at radius 2 is 1.66 bits per heavy atom. The summed E-state index contributed by atoms with van der Waals surface area (Å²) in [5, 5.41) is 0.160. The van der Waals surface area contributed by atoms with E-state index in [0.29, 0.717) is 10.6 Å². The van der Waals surface area contributed by atoms with Gasteiger partial charge in [-0.3, -0.25) is 14.6 Å². The van der Waals surface area contributed by atoms with E-state index >= 15 is 0 Å². The van der Waals surface area contributed by atoms with Gasteiger partial charge < -0.3 is 4.55 Å². The highest BCUT2D eigenvalue weighted by molar-refractivity contribution is 7.92. The van der Waals surface area contributed by atoms with E-state index in [0.717, 1.165) is 16.0 Å². The van der Waals surface area contributed by atoms with Crippen molar-refractivity contribution < 1.29 is 14.1 Å². The average molecular weight is 468 g/mol. The molecule has 0 spiro atoms. The van der Waals surface area contributed by atoms with Gasteiger partial charge in [0.1, 0.15) is 11.4 Å². The molecule has 0 aliphatic carbocycles. The van der Waals surface area contributed by atoms with Crippen LogP contribution in [0.15, 0.2) is 59.8 Å².